The molecule has 0 heterocycles. The highest BCUT2D eigenvalue weighted by atomic mass is 31.2. The molecule has 1 amide bonds. The Balaban J connectivity index is 1.87. The number of aliphatic hydroxyl groups excluding tert-OH is 2. The van der Waals surface area contributed by atoms with Gasteiger partial charge in [0.15, 0.2) is 0 Å². The zero-order valence-corrected chi connectivity index (χ0v) is 18.5. The summed E-state index contributed by atoms with van der Waals surface area (Å²) >= 11 is 0. The van der Waals surface area contributed by atoms with Gasteiger partial charge in [0.1, 0.15) is 0 Å². The second-order valence-corrected chi connectivity index (χ2v) is 10.1. The van der Waals surface area contributed by atoms with Crippen LogP contribution in [0.2, 0.25) is 0 Å². The quantitative estimate of drug-likeness (QED) is 0.247. The summed E-state index contributed by atoms with van der Waals surface area (Å²) in [5.74, 6) is -0.827. The van der Waals surface area contributed by atoms with E-state index in [2.05, 4.69) is 0 Å². The number of hydrogen-bond acceptors (Lipinski definition) is 6. The Hall–Kier alpha value is -1.50. The van der Waals surface area contributed by atoms with Crippen LogP contribution in [0.5, 0.6) is 0 Å². The van der Waals surface area contributed by atoms with Crippen LogP contribution in [0.25, 0.3) is 0 Å². The standard InChI is InChI=1S/C22H34NO6P/c1-28-30(27,14-13-17-9-5-4-6-10-17)29-16-19-18(20(24)15-21(19)25)11-7-2-3-8-12-22(23)26/h2,4-7,9-10,18-21,24-25H,3,8,11-16H2,1H3,(H2,23,26)/b7-2-/t18?,19-,20+,21-,30?/m1/s1. The maximum Gasteiger partial charge on any atom is 0.330 e. The van der Waals surface area contributed by atoms with Crippen LogP contribution in [0.15, 0.2) is 42.5 Å². The summed E-state index contributed by atoms with van der Waals surface area (Å²) in [7, 11) is -1.92. The highest BCUT2D eigenvalue weighted by Crippen LogP contribution is 2.49. The van der Waals surface area contributed by atoms with Gasteiger partial charge >= 0.3 is 7.60 Å². The predicted molar refractivity (Wildman–Crippen MR) is 116 cm³/mol. The lowest BCUT2D eigenvalue weighted by Gasteiger charge is -2.25. The average molecular weight is 439 g/mol. The van der Waals surface area contributed by atoms with E-state index in [4.69, 9.17) is 14.8 Å². The normalized spacial score (nSPS) is 26.1. The van der Waals surface area contributed by atoms with Gasteiger partial charge in [-0.2, -0.15) is 0 Å². The Morgan fingerprint density at radius 3 is 2.57 bits per heavy atom. The van der Waals surface area contributed by atoms with Gasteiger partial charge < -0.3 is 25.0 Å². The SMILES string of the molecule is COP(=O)(CCc1ccccc1)OC[C@@H]1C(C/C=C\CCCC(N)=O)[C@@H](O)C[C@H]1O. The molecule has 2 unspecified atom stereocenters. The topological polar surface area (TPSA) is 119 Å². The number of aliphatic hydroxyl groups is 2. The summed E-state index contributed by atoms with van der Waals surface area (Å²) in [4.78, 5) is 10.8. The van der Waals surface area contributed by atoms with E-state index in [1.807, 2.05) is 42.5 Å². The van der Waals surface area contributed by atoms with Crippen molar-refractivity contribution in [3.63, 3.8) is 0 Å². The minimum Gasteiger partial charge on any atom is -0.393 e. The number of aryl methyl sites for hydroxylation is 1. The third-order valence-corrected chi connectivity index (χ3v) is 7.52. The van der Waals surface area contributed by atoms with Gasteiger partial charge in [0.05, 0.1) is 25.0 Å². The lowest BCUT2D eigenvalue weighted by molar-refractivity contribution is -0.118. The molecule has 4 N–H and O–H groups in total. The summed E-state index contributed by atoms with van der Waals surface area (Å²) < 4.78 is 23.8. The van der Waals surface area contributed by atoms with Crippen molar-refractivity contribution in [1.82, 2.24) is 0 Å². The number of rotatable bonds is 13. The molecule has 0 bridgehead atoms. The number of primary amides is 1. The fourth-order valence-electron chi connectivity index (χ4n) is 3.82. The van der Waals surface area contributed by atoms with E-state index in [-0.39, 0.29) is 36.9 Å². The van der Waals surface area contributed by atoms with Crippen molar-refractivity contribution in [2.75, 3.05) is 19.9 Å². The molecule has 1 saturated carbocycles. The van der Waals surface area contributed by atoms with E-state index in [0.717, 1.165) is 12.0 Å². The van der Waals surface area contributed by atoms with Crippen molar-refractivity contribution in [2.45, 2.75) is 50.7 Å². The van der Waals surface area contributed by atoms with E-state index in [1.165, 1.54) is 7.11 Å². The molecule has 5 atom stereocenters. The van der Waals surface area contributed by atoms with E-state index in [9.17, 15) is 19.6 Å². The fourth-order valence-corrected chi connectivity index (χ4v) is 5.17. The van der Waals surface area contributed by atoms with Gasteiger partial charge in [-0.05, 0) is 43.6 Å². The van der Waals surface area contributed by atoms with Gasteiger partial charge in [0.2, 0.25) is 5.91 Å². The van der Waals surface area contributed by atoms with Crippen molar-refractivity contribution in [1.29, 1.82) is 0 Å². The van der Waals surface area contributed by atoms with Gasteiger partial charge in [-0.15, -0.1) is 0 Å². The van der Waals surface area contributed by atoms with Crippen molar-refractivity contribution in [3.8, 4) is 0 Å². The molecular formula is C22H34NO6P. The predicted octanol–water partition coefficient (Wildman–Crippen LogP) is 3.05. The fraction of sp³-hybridized carbons (Fsp3) is 0.591. The number of amides is 1. The summed E-state index contributed by atoms with van der Waals surface area (Å²) in [6.45, 7) is 0.0678. The minimum atomic E-state index is -3.30. The summed E-state index contributed by atoms with van der Waals surface area (Å²) in [5, 5.41) is 20.7. The number of hydrogen-bond donors (Lipinski definition) is 3. The molecule has 1 aliphatic carbocycles. The van der Waals surface area contributed by atoms with E-state index >= 15 is 0 Å². The zero-order chi connectivity index (χ0) is 22.0. The monoisotopic (exact) mass is 439 g/mol. The summed E-state index contributed by atoms with van der Waals surface area (Å²) in [6.07, 6.45) is 5.98. The number of nitrogens with two attached hydrogens (primary N) is 1. The Bertz CT molecular complexity index is 726. The second-order valence-electron chi connectivity index (χ2n) is 7.81. The summed E-state index contributed by atoms with van der Waals surface area (Å²) in [5.41, 5.74) is 6.17. The van der Waals surface area contributed by atoms with Gasteiger partial charge in [-0.3, -0.25) is 9.36 Å². The molecule has 0 spiro atoms. The first-order chi connectivity index (χ1) is 14.3. The van der Waals surface area contributed by atoms with Crippen LogP contribution in [-0.2, 0) is 24.8 Å². The molecule has 30 heavy (non-hydrogen) atoms. The van der Waals surface area contributed by atoms with E-state index in [0.29, 0.717) is 25.7 Å². The summed E-state index contributed by atoms with van der Waals surface area (Å²) in [6, 6.07) is 9.70. The molecule has 1 aliphatic rings. The van der Waals surface area contributed by atoms with Crippen LogP contribution in [0.3, 0.4) is 0 Å². The van der Waals surface area contributed by atoms with Crippen LogP contribution < -0.4 is 5.73 Å². The third-order valence-electron chi connectivity index (χ3n) is 5.65. The van der Waals surface area contributed by atoms with Crippen LogP contribution in [0.1, 0.15) is 37.7 Å². The average Bonchev–Trinajstić information content (AvgIpc) is 3.00. The Morgan fingerprint density at radius 1 is 1.20 bits per heavy atom. The number of benzene rings is 1. The molecule has 0 aliphatic heterocycles. The first kappa shape index (κ1) is 24.8. The Kier molecular flexibility index (Phi) is 10.2. The molecule has 0 radical (unpaired) electrons. The van der Waals surface area contributed by atoms with E-state index in [1.54, 1.807) is 0 Å². The smallest absolute Gasteiger partial charge is 0.330 e. The molecule has 1 aromatic rings. The van der Waals surface area contributed by atoms with Crippen molar-refractivity contribution in [2.24, 2.45) is 17.6 Å². The van der Waals surface area contributed by atoms with Crippen molar-refractivity contribution >= 4 is 13.5 Å². The first-order valence-electron chi connectivity index (χ1n) is 10.5. The lowest BCUT2D eigenvalue weighted by atomic mass is 9.91. The van der Waals surface area contributed by atoms with Crippen molar-refractivity contribution in [3.05, 3.63) is 48.0 Å². The molecule has 168 valence electrons. The highest BCUT2D eigenvalue weighted by Gasteiger charge is 2.42. The number of carbonyl (C=O) groups excluding carboxylic acids is 1. The molecule has 7 nitrogen and oxygen atoms in total. The Labute approximate surface area is 178 Å². The number of carbonyl (C=O) groups is 1. The molecule has 1 fully saturated rings. The molecular weight excluding hydrogens is 405 g/mol. The van der Waals surface area contributed by atoms with Crippen LogP contribution >= 0.6 is 7.60 Å². The van der Waals surface area contributed by atoms with Crippen LogP contribution in [0, 0.1) is 11.8 Å². The van der Waals surface area contributed by atoms with Gasteiger partial charge in [-0.25, -0.2) is 0 Å². The maximum atomic E-state index is 13.0. The first-order valence-corrected chi connectivity index (χ1v) is 12.2. The molecule has 8 heteroatoms. The van der Waals surface area contributed by atoms with Crippen LogP contribution in [-0.4, -0.2) is 48.2 Å². The number of allylic oxidation sites excluding steroid dienone is 2. The maximum absolute atomic E-state index is 13.0. The van der Waals surface area contributed by atoms with Crippen LogP contribution in [0.4, 0.5) is 0 Å². The second kappa shape index (κ2) is 12.4. The van der Waals surface area contributed by atoms with E-state index < -0.39 is 19.8 Å². The van der Waals surface area contributed by atoms with Crippen molar-refractivity contribution < 1.29 is 28.6 Å². The van der Waals surface area contributed by atoms with Gasteiger partial charge in [0, 0.05) is 19.4 Å². The molecule has 0 saturated heterocycles. The van der Waals surface area contributed by atoms with Gasteiger partial charge in [-0.1, -0.05) is 42.5 Å². The largest absolute Gasteiger partial charge is 0.393 e. The minimum absolute atomic E-state index is 0.0678. The lowest BCUT2D eigenvalue weighted by Crippen LogP contribution is -2.26. The highest BCUT2D eigenvalue weighted by molar-refractivity contribution is 7.53. The molecule has 2 rings (SSSR count). The number of unbranched alkanes of at least 4 members (excludes halogenated alkanes) is 1. The molecule has 1 aromatic carbocycles. The Morgan fingerprint density at radius 2 is 1.90 bits per heavy atom. The molecule has 0 aromatic heterocycles. The third kappa shape index (κ3) is 7.97. The van der Waals surface area contributed by atoms with Gasteiger partial charge in [0.25, 0.3) is 0 Å². The zero-order valence-electron chi connectivity index (χ0n) is 17.6.